The molecule has 0 aliphatic carbocycles. The van der Waals surface area contributed by atoms with E-state index in [1.54, 1.807) is 24.4 Å². The highest BCUT2D eigenvalue weighted by Gasteiger charge is 2.24. The Bertz CT molecular complexity index is 3150. The molecule has 4 heteroatoms. The zero-order valence-electron chi connectivity index (χ0n) is 38.5. The van der Waals surface area contributed by atoms with Crippen LogP contribution < -0.4 is 0 Å². The molecular weight excluding hydrogens is 743 g/mol. The Morgan fingerprint density at radius 2 is 1.13 bits per heavy atom. The molecule has 7 aromatic carbocycles. The van der Waals surface area contributed by atoms with Crippen LogP contribution in [0.25, 0.3) is 83.9 Å². The Kier molecular flexibility index (Phi) is 9.13. The third-order valence-corrected chi connectivity index (χ3v) is 11.6. The number of aromatic nitrogens is 3. The monoisotopic (exact) mass is 796 g/mol. The number of hydrogen-bond acceptors (Lipinski definition) is 3. The molecule has 0 spiro atoms. The average Bonchev–Trinajstić information content (AvgIpc) is 3.68. The van der Waals surface area contributed by atoms with E-state index in [0.717, 1.165) is 72.5 Å². The molecule has 0 fully saturated rings. The first-order chi connectivity index (χ1) is 30.5. The summed E-state index contributed by atoms with van der Waals surface area (Å²) in [5.41, 5.74) is 15.7. The van der Waals surface area contributed by atoms with E-state index < -0.39 is 6.85 Å². The highest BCUT2D eigenvalue weighted by Crippen LogP contribution is 2.43. The lowest BCUT2D eigenvalue weighted by Crippen LogP contribution is -2.12. The maximum atomic E-state index is 11.5. The lowest BCUT2D eigenvalue weighted by molar-refractivity contribution is 0.477. The average molecular weight is 797 g/mol. The van der Waals surface area contributed by atoms with E-state index in [1.165, 1.54) is 11.1 Å². The van der Waals surface area contributed by atoms with E-state index >= 15 is 0 Å². The normalized spacial score (nSPS) is 12.9. The number of para-hydroxylation sites is 2. The van der Waals surface area contributed by atoms with Crippen LogP contribution in [-0.4, -0.2) is 19.6 Å². The summed E-state index contributed by atoms with van der Waals surface area (Å²) in [7, 11) is 0. The first-order valence-electron chi connectivity index (χ1n) is 22.4. The summed E-state index contributed by atoms with van der Waals surface area (Å²) in [4.78, 5) is 10.4. The largest absolute Gasteiger partial charge is 0.507 e. The van der Waals surface area contributed by atoms with Gasteiger partial charge in [0.05, 0.1) is 28.0 Å². The number of rotatable bonds is 7. The smallest absolute Gasteiger partial charge is 0.149 e. The van der Waals surface area contributed by atoms with E-state index in [0.29, 0.717) is 17.0 Å². The van der Waals surface area contributed by atoms with Gasteiger partial charge in [0.2, 0.25) is 0 Å². The van der Waals surface area contributed by atoms with Gasteiger partial charge in [-0.25, -0.2) is 4.98 Å². The number of hydrogen-bond donors (Lipinski definition) is 1. The number of benzene rings is 7. The summed E-state index contributed by atoms with van der Waals surface area (Å²) < 4.78 is 25.7. The van der Waals surface area contributed by atoms with E-state index in [4.69, 9.17) is 14.1 Å². The summed E-state index contributed by atoms with van der Waals surface area (Å²) in [6.07, 6.45) is 1.80. The molecule has 0 unspecified atom stereocenters. The molecule has 9 aromatic rings. The van der Waals surface area contributed by atoms with E-state index in [1.807, 2.05) is 54.6 Å². The molecule has 0 atom stereocenters. The Hall–Kier alpha value is -7.04. The van der Waals surface area contributed by atoms with Crippen LogP contribution in [0.1, 0.15) is 62.3 Å². The van der Waals surface area contributed by atoms with Crippen LogP contribution in [0.2, 0.25) is 0 Å². The molecule has 0 aliphatic rings. The van der Waals surface area contributed by atoms with Gasteiger partial charge in [-0.2, -0.15) is 0 Å². The van der Waals surface area contributed by atoms with Crippen molar-refractivity contribution in [2.45, 2.75) is 59.2 Å². The van der Waals surface area contributed by atoms with Crippen LogP contribution in [0.4, 0.5) is 0 Å². The minimum Gasteiger partial charge on any atom is -0.507 e. The fraction of sp³-hybridized carbons (Fsp3) is 0.158. The zero-order valence-corrected chi connectivity index (χ0v) is 35.5. The van der Waals surface area contributed by atoms with Crippen LogP contribution in [0.3, 0.4) is 0 Å². The molecule has 0 radical (unpaired) electrons. The molecule has 0 saturated heterocycles. The van der Waals surface area contributed by atoms with Crippen molar-refractivity contribution in [1.82, 2.24) is 14.5 Å². The van der Waals surface area contributed by atoms with Gasteiger partial charge in [0.25, 0.3) is 0 Å². The number of aromatic hydroxyl groups is 1. The van der Waals surface area contributed by atoms with Gasteiger partial charge in [-0.15, -0.1) is 0 Å². The van der Waals surface area contributed by atoms with Gasteiger partial charge in [-0.05, 0) is 123 Å². The summed E-state index contributed by atoms with van der Waals surface area (Å²) in [5, 5.41) is 11.5. The summed E-state index contributed by atoms with van der Waals surface area (Å²) in [5.74, 6) is 0.783. The van der Waals surface area contributed by atoms with Crippen molar-refractivity contribution < 1.29 is 9.22 Å². The topological polar surface area (TPSA) is 50.9 Å². The maximum absolute atomic E-state index is 11.5. The lowest BCUT2D eigenvalue weighted by Gasteiger charge is -2.23. The minimum atomic E-state index is -2.17. The number of aryl methyl sites for hydroxylation is 1. The van der Waals surface area contributed by atoms with Crippen LogP contribution in [0.5, 0.6) is 5.75 Å². The molecule has 0 amide bonds. The molecule has 9 rings (SSSR count). The second kappa shape index (κ2) is 15.5. The zero-order chi connectivity index (χ0) is 45.0. The standard InChI is InChI=1S/C57H51N3O/c1-37-20-22-39(23-21-37)41-30-31-58-50(35-41)44-33-42(38-14-9-8-10-15-38)32-43(34-44)47-17-13-18-52-54(47)59-55(48-16-11-12-19-53(48)61)60(52)51-29-28-46(57(5,6)7)36-49(51)40-24-26-45(27-25-40)56(2,3)4/h8-36,61H,1-7H3/i1D3. The highest BCUT2D eigenvalue weighted by atomic mass is 16.3. The van der Waals surface area contributed by atoms with Gasteiger partial charge in [0.1, 0.15) is 11.6 Å². The van der Waals surface area contributed by atoms with Gasteiger partial charge in [0.15, 0.2) is 0 Å². The summed E-state index contributed by atoms with van der Waals surface area (Å²) >= 11 is 0. The van der Waals surface area contributed by atoms with E-state index in [9.17, 15) is 5.11 Å². The van der Waals surface area contributed by atoms with Crippen LogP contribution in [-0.2, 0) is 10.8 Å². The summed E-state index contributed by atoms with van der Waals surface area (Å²) in [6.45, 7) is 11.3. The predicted molar refractivity (Wildman–Crippen MR) is 255 cm³/mol. The number of phenolic OH excluding ortho intramolecular Hbond substituents is 1. The van der Waals surface area contributed by atoms with Crippen molar-refractivity contribution in [3.8, 4) is 78.6 Å². The third kappa shape index (κ3) is 7.78. The van der Waals surface area contributed by atoms with Crippen molar-refractivity contribution in [2.75, 3.05) is 0 Å². The van der Waals surface area contributed by atoms with Gasteiger partial charge < -0.3 is 5.11 Å². The van der Waals surface area contributed by atoms with Gasteiger partial charge >= 0.3 is 0 Å². The van der Waals surface area contributed by atoms with Crippen LogP contribution >= 0.6 is 0 Å². The van der Waals surface area contributed by atoms with Crippen molar-refractivity contribution >= 4 is 11.0 Å². The lowest BCUT2D eigenvalue weighted by atomic mass is 9.83. The Balaban J connectivity index is 1.27. The highest BCUT2D eigenvalue weighted by molar-refractivity contribution is 5.98. The van der Waals surface area contributed by atoms with Gasteiger partial charge in [0, 0.05) is 27.0 Å². The van der Waals surface area contributed by atoms with Crippen molar-refractivity contribution in [1.29, 1.82) is 0 Å². The molecule has 2 heterocycles. The van der Waals surface area contributed by atoms with Crippen molar-refractivity contribution in [3.63, 3.8) is 0 Å². The maximum Gasteiger partial charge on any atom is 0.149 e. The molecular formula is C57H51N3O. The number of imidazole rings is 1. The number of nitrogens with zero attached hydrogens (tertiary/aromatic N) is 3. The fourth-order valence-electron chi connectivity index (χ4n) is 8.16. The van der Waals surface area contributed by atoms with E-state index in [2.05, 4.69) is 143 Å². The fourth-order valence-corrected chi connectivity index (χ4v) is 8.16. The number of phenols is 1. The molecule has 4 nitrogen and oxygen atoms in total. The first-order valence-corrected chi connectivity index (χ1v) is 20.9. The molecule has 61 heavy (non-hydrogen) atoms. The second-order valence-corrected chi connectivity index (χ2v) is 17.9. The predicted octanol–water partition coefficient (Wildman–Crippen LogP) is 15.0. The Morgan fingerprint density at radius 1 is 0.492 bits per heavy atom. The van der Waals surface area contributed by atoms with Gasteiger partial charge in [-0.3, -0.25) is 9.55 Å². The Labute approximate surface area is 364 Å². The van der Waals surface area contributed by atoms with Crippen molar-refractivity contribution in [2.24, 2.45) is 0 Å². The SMILES string of the molecule is [2H]C([2H])([2H])c1ccc(-c2ccnc(-c3cc(-c4ccccc4)cc(-c4cccc5c4nc(-c4ccccc4O)n5-c4ccc(C(C)(C)C)cc4-c4ccc(C(C)(C)C)cc4)c3)c2)cc1. The molecule has 0 aliphatic heterocycles. The number of fused-ring (bicyclic) bond motifs is 1. The Morgan fingerprint density at radius 3 is 1.85 bits per heavy atom. The van der Waals surface area contributed by atoms with Gasteiger partial charge in [-0.1, -0.05) is 156 Å². The number of pyridine rings is 1. The minimum absolute atomic E-state index is 0.00926. The first kappa shape index (κ1) is 35.9. The molecule has 2 aromatic heterocycles. The quantitative estimate of drug-likeness (QED) is 0.175. The molecule has 0 saturated carbocycles. The van der Waals surface area contributed by atoms with Crippen molar-refractivity contribution in [3.05, 3.63) is 193 Å². The molecule has 0 bridgehead atoms. The van der Waals surface area contributed by atoms with Crippen LogP contribution in [0, 0.1) is 6.85 Å². The summed E-state index contributed by atoms with van der Waals surface area (Å²) in [6, 6.07) is 57.3. The van der Waals surface area contributed by atoms with E-state index in [-0.39, 0.29) is 16.6 Å². The molecule has 1 N–H and O–H groups in total. The second-order valence-electron chi connectivity index (χ2n) is 17.9. The van der Waals surface area contributed by atoms with Crippen LogP contribution in [0.15, 0.2) is 176 Å². The third-order valence-electron chi connectivity index (χ3n) is 11.6. The molecule has 300 valence electrons.